The third-order valence-electron chi connectivity index (χ3n) is 6.04. The van der Waals surface area contributed by atoms with Crippen molar-refractivity contribution in [2.24, 2.45) is 11.8 Å². The molecule has 0 radical (unpaired) electrons. The second kappa shape index (κ2) is 8.10. The summed E-state index contributed by atoms with van der Waals surface area (Å²) < 4.78 is 5.11. The van der Waals surface area contributed by atoms with E-state index in [4.69, 9.17) is 4.74 Å². The number of ether oxygens (including phenoxy) is 1. The van der Waals surface area contributed by atoms with Crippen LogP contribution in [0.25, 0.3) is 0 Å². The van der Waals surface area contributed by atoms with Crippen molar-refractivity contribution in [1.82, 2.24) is 14.7 Å². The molecule has 30 heavy (non-hydrogen) atoms. The summed E-state index contributed by atoms with van der Waals surface area (Å²) in [5.41, 5.74) is 0.434. The van der Waals surface area contributed by atoms with Gasteiger partial charge >= 0.3 is 12.1 Å². The summed E-state index contributed by atoms with van der Waals surface area (Å²) in [6, 6.07) is -1.20. The van der Waals surface area contributed by atoms with E-state index in [9.17, 15) is 29.4 Å². The lowest BCUT2D eigenvalue weighted by atomic mass is 9.81. The average Bonchev–Trinajstić information content (AvgIpc) is 3.24. The fourth-order valence-electron chi connectivity index (χ4n) is 4.70. The Morgan fingerprint density at radius 3 is 2.57 bits per heavy atom. The van der Waals surface area contributed by atoms with Crippen molar-refractivity contribution < 1.29 is 34.1 Å². The number of fused-ring (bicyclic) bond motifs is 1. The Hall–Kier alpha value is -2.88. The van der Waals surface area contributed by atoms with Crippen LogP contribution in [0, 0.1) is 11.8 Å². The van der Waals surface area contributed by atoms with Crippen LogP contribution < -0.4 is 0 Å². The number of carbonyl (C=O) groups is 4. The van der Waals surface area contributed by atoms with Gasteiger partial charge < -0.3 is 24.7 Å². The van der Waals surface area contributed by atoms with Crippen molar-refractivity contribution in [3.05, 3.63) is 23.9 Å². The van der Waals surface area contributed by atoms with E-state index in [2.05, 4.69) is 6.58 Å². The van der Waals surface area contributed by atoms with Gasteiger partial charge in [-0.3, -0.25) is 14.5 Å². The minimum absolute atomic E-state index is 0.00757. The number of carbonyl (C=O) groups excluding carboxylic acids is 3. The maximum absolute atomic E-state index is 12.7. The highest BCUT2D eigenvalue weighted by Gasteiger charge is 2.58. The van der Waals surface area contributed by atoms with Gasteiger partial charge in [0.25, 0.3) is 0 Å². The third kappa shape index (κ3) is 3.45. The zero-order chi connectivity index (χ0) is 22.3. The molecule has 3 heterocycles. The third-order valence-corrected chi connectivity index (χ3v) is 6.04. The number of likely N-dealkylation sites (tertiary alicyclic amines) is 1. The second-order valence-electron chi connectivity index (χ2n) is 8.12. The maximum Gasteiger partial charge on any atom is 0.410 e. The fraction of sp³-hybridized carbons (Fsp3) is 0.600. The van der Waals surface area contributed by atoms with Gasteiger partial charge in [-0.05, 0) is 25.3 Å². The predicted molar refractivity (Wildman–Crippen MR) is 104 cm³/mol. The number of aliphatic hydroxyl groups excluding tert-OH is 1. The van der Waals surface area contributed by atoms with Crippen molar-refractivity contribution in [2.45, 2.75) is 38.0 Å². The van der Waals surface area contributed by atoms with E-state index in [-0.39, 0.29) is 31.2 Å². The molecule has 2 saturated heterocycles. The van der Waals surface area contributed by atoms with E-state index in [1.54, 1.807) is 14.1 Å². The molecular formula is C20H27N3O7. The Bertz CT molecular complexity index is 819. The molecule has 0 bridgehead atoms. The first-order valence-corrected chi connectivity index (χ1v) is 9.83. The molecule has 3 amide bonds. The van der Waals surface area contributed by atoms with Gasteiger partial charge in [0.1, 0.15) is 18.3 Å². The lowest BCUT2D eigenvalue weighted by molar-refractivity contribution is -0.161. The van der Waals surface area contributed by atoms with Crippen molar-refractivity contribution in [3.8, 4) is 0 Å². The van der Waals surface area contributed by atoms with Gasteiger partial charge in [0.2, 0.25) is 11.8 Å². The van der Waals surface area contributed by atoms with Gasteiger partial charge in [0.15, 0.2) is 0 Å². The number of aliphatic hydroxyl groups is 1. The number of carboxylic acid groups (broad SMARTS) is 1. The van der Waals surface area contributed by atoms with Gasteiger partial charge in [-0.1, -0.05) is 12.7 Å². The molecule has 3 rings (SSSR count). The zero-order valence-electron chi connectivity index (χ0n) is 17.3. The number of carboxylic acids is 1. The molecule has 3 aliphatic rings. The van der Waals surface area contributed by atoms with E-state index < -0.39 is 48.0 Å². The molecule has 10 nitrogen and oxygen atoms in total. The van der Waals surface area contributed by atoms with Crippen LogP contribution in [0.3, 0.4) is 0 Å². The Morgan fingerprint density at radius 2 is 2.03 bits per heavy atom. The Kier molecular flexibility index (Phi) is 5.89. The number of amides is 3. The normalized spacial score (nSPS) is 28.7. The molecule has 10 heteroatoms. The first-order valence-electron chi connectivity index (χ1n) is 9.83. The molecule has 0 spiro atoms. The summed E-state index contributed by atoms with van der Waals surface area (Å²) in [5.74, 6) is -2.98. The largest absolute Gasteiger partial charge is 0.477 e. The number of likely N-dealkylation sites (N-methyl/N-ethyl adjacent to an activating group) is 1. The zero-order valence-corrected chi connectivity index (χ0v) is 17.3. The van der Waals surface area contributed by atoms with Gasteiger partial charge in [-0.15, -0.1) is 0 Å². The van der Waals surface area contributed by atoms with Crippen molar-refractivity contribution in [1.29, 1.82) is 0 Å². The summed E-state index contributed by atoms with van der Waals surface area (Å²) in [5, 5.41) is 19.7. The summed E-state index contributed by atoms with van der Waals surface area (Å²) in [4.78, 5) is 53.5. The van der Waals surface area contributed by atoms with Gasteiger partial charge in [0, 0.05) is 26.6 Å². The summed E-state index contributed by atoms with van der Waals surface area (Å²) >= 11 is 0. The summed E-state index contributed by atoms with van der Waals surface area (Å²) in [6.45, 7) is 5.11. The molecule has 0 aromatic carbocycles. The molecule has 0 aliphatic carbocycles. The average molecular weight is 421 g/mol. The first kappa shape index (κ1) is 21.8. The van der Waals surface area contributed by atoms with Gasteiger partial charge in [-0.2, -0.15) is 0 Å². The molecule has 3 aliphatic heterocycles. The van der Waals surface area contributed by atoms with E-state index in [1.165, 1.54) is 27.7 Å². The quantitative estimate of drug-likeness (QED) is 0.458. The first-order chi connectivity index (χ1) is 14.1. The van der Waals surface area contributed by atoms with E-state index in [1.807, 2.05) is 0 Å². The Morgan fingerprint density at radius 1 is 1.37 bits per heavy atom. The second-order valence-corrected chi connectivity index (χ2v) is 8.12. The number of hydrogen-bond donors (Lipinski definition) is 2. The van der Waals surface area contributed by atoms with Crippen LogP contribution in [0.15, 0.2) is 23.9 Å². The molecule has 2 N–H and O–H groups in total. The van der Waals surface area contributed by atoms with Crippen LogP contribution in [0.5, 0.6) is 0 Å². The highest BCUT2D eigenvalue weighted by molar-refractivity contribution is 6.00. The minimum atomic E-state index is -1.23. The number of rotatable bonds is 6. The summed E-state index contributed by atoms with van der Waals surface area (Å²) in [6.07, 6.45) is 0.398. The molecule has 0 saturated carbocycles. The van der Waals surface area contributed by atoms with Gasteiger partial charge in [-0.25, -0.2) is 9.59 Å². The van der Waals surface area contributed by atoms with Crippen molar-refractivity contribution in [2.75, 3.05) is 27.2 Å². The van der Waals surface area contributed by atoms with E-state index >= 15 is 0 Å². The topological polar surface area (TPSA) is 128 Å². The van der Waals surface area contributed by atoms with E-state index in [0.29, 0.717) is 12.0 Å². The van der Waals surface area contributed by atoms with Crippen LogP contribution in [0.1, 0.15) is 19.8 Å². The smallest absolute Gasteiger partial charge is 0.410 e. The number of β-lactam (4-membered cyclic amide) rings is 1. The molecule has 1 unspecified atom stereocenters. The molecule has 0 aromatic rings. The van der Waals surface area contributed by atoms with E-state index in [0.717, 1.165) is 0 Å². The maximum atomic E-state index is 12.7. The number of aliphatic carboxylic acids is 1. The Balaban J connectivity index is 1.90. The van der Waals surface area contributed by atoms with Crippen LogP contribution in [-0.4, -0.2) is 94.2 Å². The monoisotopic (exact) mass is 421 g/mol. The standard InChI is InChI=1S/C20H27N3O7/c1-5-6-30-20(29)22-9-11(7-14(22)17(25)21(3)4)12-8-13-15(10(2)24)18(26)23(13)16(12)19(27)28/h5,10-11,13-15,24H,1,6-9H2,2-4H3,(H,27,28)/t10-,11?,13-,14+,15-/m1/s1. The fourth-order valence-corrected chi connectivity index (χ4v) is 4.70. The van der Waals surface area contributed by atoms with Gasteiger partial charge in [0.05, 0.1) is 18.1 Å². The van der Waals surface area contributed by atoms with Crippen molar-refractivity contribution in [3.63, 3.8) is 0 Å². The van der Waals surface area contributed by atoms with Crippen LogP contribution in [0.4, 0.5) is 4.79 Å². The number of nitrogens with zero attached hydrogens (tertiary/aromatic N) is 3. The molecule has 2 fully saturated rings. The lowest BCUT2D eigenvalue weighted by Crippen LogP contribution is -2.61. The molecular weight excluding hydrogens is 394 g/mol. The molecule has 0 aromatic heterocycles. The highest BCUT2D eigenvalue weighted by Crippen LogP contribution is 2.48. The highest BCUT2D eigenvalue weighted by atomic mass is 16.6. The Labute approximate surface area is 174 Å². The SMILES string of the molecule is C=CCOC(=O)N1CC(C2=C(C(=O)O)N3C(=O)[C@H]([C@@H](C)O)[C@H]3C2)C[C@H]1C(=O)N(C)C. The molecule has 5 atom stereocenters. The van der Waals surface area contributed by atoms with Crippen molar-refractivity contribution >= 4 is 23.9 Å². The van der Waals surface area contributed by atoms with Crippen LogP contribution in [-0.2, 0) is 19.1 Å². The predicted octanol–water partition coefficient (Wildman–Crippen LogP) is 0.0379. The summed E-state index contributed by atoms with van der Waals surface area (Å²) in [7, 11) is 3.16. The lowest BCUT2D eigenvalue weighted by Gasteiger charge is -2.44. The van der Waals surface area contributed by atoms with Crippen LogP contribution in [0.2, 0.25) is 0 Å². The number of hydrogen-bond acceptors (Lipinski definition) is 6. The molecule has 164 valence electrons. The van der Waals surface area contributed by atoms with Crippen LogP contribution >= 0.6 is 0 Å². The minimum Gasteiger partial charge on any atom is -0.477 e.